The van der Waals surface area contributed by atoms with Crippen molar-refractivity contribution in [2.24, 2.45) is 5.41 Å². The van der Waals surface area contributed by atoms with Gasteiger partial charge in [-0.25, -0.2) is 0 Å². The highest BCUT2D eigenvalue weighted by atomic mass is 32.2. The van der Waals surface area contributed by atoms with Gasteiger partial charge in [0, 0.05) is 5.75 Å². The molecule has 0 saturated heterocycles. The van der Waals surface area contributed by atoms with E-state index in [4.69, 9.17) is 5.26 Å². The summed E-state index contributed by atoms with van der Waals surface area (Å²) < 4.78 is 35.2. The van der Waals surface area contributed by atoms with Crippen LogP contribution >= 0.6 is 11.8 Å². The molecule has 1 fully saturated rings. The lowest BCUT2D eigenvalue weighted by Gasteiger charge is -2.35. The predicted octanol–water partition coefficient (Wildman–Crippen LogP) is 3.32. The van der Waals surface area contributed by atoms with Gasteiger partial charge in [-0.2, -0.15) is 18.4 Å². The van der Waals surface area contributed by atoms with Gasteiger partial charge in [-0.3, -0.25) is 0 Å². The van der Waals surface area contributed by atoms with Crippen LogP contribution in [0, 0.1) is 16.7 Å². The van der Waals surface area contributed by atoms with E-state index in [2.05, 4.69) is 6.07 Å². The number of nitriles is 1. The van der Waals surface area contributed by atoms with Crippen LogP contribution in [0.2, 0.25) is 0 Å². The molecule has 1 aliphatic rings. The Morgan fingerprint density at radius 1 is 1.38 bits per heavy atom. The number of halogens is 3. The van der Waals surface area contributed by atoms with E-state index in [0.29, 0.717) is 6.42 Å². The Bertz CT molecular complexity index is 214. The van der Waals surface area contributed by atoms with E-state index in [1.54, 1.807) is 0 Å². The van der Waals surface area contributed by atoms with Crippen molar-refractivity contribution in [3.05, 3.63) is 0 Å². The third-order valence-corrected chi connectivity index (χ3v) is 3.13. The molecule has 0 spiro atoms. The summed E-state index contributed by atoms with van der Waals surface area (Å²) in [5.74, 6) is 0.0110. The molecule has 1 saturated carbocycles. The van der Waals surface area contributed by atoms with Gasteiger partial charge in [-0.1, -0.05) is 18.2 Å². The first kappa shape index (κ1) is 10.7. The fourth-order valence-electron chi connectivity index (χ4n) is 1.38. The van der Waals surface area contributed by atoms with Crippen LogP contribution in [0.25, 0.3) is 0 Å². The van der Waals surface area contributed by atoms with E-state index in [1.165, 1.54) is 0 Å². The molecule has 0 aromatic rings. The van der Waals surface area contributed by atoms with E-state index in [9.17, 15) is 13.2 Å². The van der Waals surface area contributed by atoms with Gasteiger partial charge in [-0.05, 0) is 19.3 Å². The number of alkyl halides is 3. The molecule has 0 atom stereocenters. The lowest BCUT2D eigenvalue weighted by Crippen LogP contribution is -2.28. The van der Waals surface area contributed by atoms with E-state index >= 15 is 0 Å². The first-order chi connectivity index (χ1) is 5.97. The minimum Gasteiger partial charge on any atom is -0.198 e. The van der Waals surface area contributed by atoms with Crippen LogP contribution in [0.15, 0.2) is 0 Å². The molecule has 0 unspecified atom stereocenters. The summed E-state index contributed by atoms with van der Waals surface area (Å²) in [5, 5.41) is 8.73. The maximum Gasteiger partial charge on any atom is 0.441 e. The van der Waals surface area contributed by atoms with Crippen molar-refractivity contribution in [1.82, 2.24) is 0 Å². The van der Waals surface area contributed by atoms with Crippen molar-refractivity contribution in [2.45, 2.75) is 31.2 Å². The molecule has 0 amide bonds. The number of hydrogen-bond donors (Lipinski definition) is 0. The van der Waals surface area contributed by atoms with Crippen LogP contribution in [0.4, 0.5) is 13.2 Å². The summed E-state index contributed by atoms with van der Waals surface area (Å²) >= 11 is -0.0260. The molecule has 0 bridgehead atoms. The Labute approximate surface area is 79.3 Å². The van der Waals surface area contributed by atoms with Crippen molar-refractivity contribution in [3.63, 3.8) is 0 Å². The molecule has 13 heavy (non-hydrogen) atoms. The van der Waals surface area contributed by atoms with Gasteiger partial charge in [0.1, 0.15) is 0 Å². The molecular formula is C8H10F3NS. The zero-order valence-corrected chi connectivity index (χ0v) is 7.84. The fraction of sp³-hybridized carbons (Fsp3) is 0.875. The maximum absolute atomic E-state index is 11.7. The highest BCUT2D eigenvalue weighted by molar-refractivity contribution is 8.00. The third kappa shape index (κ3) is 3.11. The van der Waals surface area contributed by atoms with Gasteiger partial charge in [0.25, 0.3) is 0 Å². The van der Waals surface area contributed by atoms with Crippen LogP contribution in [0.1, 0.15) is 25.7 Å². The average Bonchev–Trinajstić information content (AvgIpc) is 1.92. The first-order valence-corrected chi connectivity index (χ1v) is 5.08. The van der Waals surface area contributed by atoms with Crippen LogP contribution in [-0.2, 0) is 0 Å². The van der Waals surface area contributed by atoms with Crippen molar-refractivity contribution in [2.75, 3.05) is 5.75 Å². The van der Waals surface area contributed by atoms with Crippen LogP contribution in [0.3, 0.4) is 0 Å². The number of nitrogens with zero attached hydrogens (tertiary/aromatic N) is 1. The molecule has 0 aromatic heterocycles. The smallest absolute Gasteiger partial charge is 0.198 e. The fourth-order valence-corrected chi connectivity index (χ4v) is 2.11. The zero-order valence-electron chi connectivity index (χ0n) is 7.02. The Morgan fingerprint density at radius 2 is 2.00 bits per heavy atom. The largest absolute Gasteiger partial charge is 0.441 e. The van der Waals surface area contributed by atoms with Crippen molar-refractivity contribution < 1.29 is 13.2 Å². The lowest BCUT2D eigenvalue weighted by molar-refractivity contribution is -0.0329. The van der Waals surface area contributed by atoms with Gasteiger partial charge >= 0.3 is 5.51 Å². The van der Waals surface area contributed by atoms with E-state index in [1.807, 2.05) is 0 Å². The molecule has 0 aliphatic heterocycles. The van der Waals surface area contributed by atoms with Gasteiger partial charge in [0.15, 0.2) is 0 Å². The van der Waals surface area contributed by atoms with Gasteiger partial charge in [0.2, 0.25) is 0 Å². The van der Waals surface area contributed by atoms with E-state index < -0.39 is 10.9 Å². The average molecular weight is 209 g/mol. The molecule has 5 heteroatoms. The Kier molecular flexibility index (Phi) is 3.12. The highest BCUT2D eigenvalue weighted by Crippen LogP contribution is 2.45. The van der Waals surface area contributed by atoms with Crippen LogP contribution in [-0.4, -0.2) is 11.3 Å². The van der Waals surface area contributed by atoms with Gasteiger partial charge in [-0.15, -0.1) is 0 Å². The molecule has 0 N–H and O–H groups in total. The molecule has 1 aliphatic carbocycles. The molecular weight excluding hydrogens is 199 g/mol. The summed E-state index contributed by atoms with van der Waals surface area (Å²) in [7, 11) is 0. The highest BCUT2D eigenvalue weighted by Gasteiger charge is 2.38. The minimum absolute atomic E-state index is 0.0110. The van der Waals surface area contributed by atoms with Crippen LogP contribution in [0.5, 0.6) is 0 Å². The number of hydrogen-bond acceptors (Lipinski definition) is 2. The molecule has 1 rings (SSSR count). The second kappa shape index (κ2) is 3.79. The summed E-state index contributed by atoms with van der Waals surface area (Å²) in [6.07, 6.45) is 2.88. The maximum atomic E-state index is 11.7. The second-order valence-electron chi connectivity index (χ2n) is 3.29. The minimum atomic E-state index is -4.15. The SMILES string of the molecule is N#CC1(CCSC(F)(F)F)CCC1. The first-order valence-electron chi connectivity index (χ1n) is 4.09. The second-order valence-corrected chi connectivity index (χ2v) is 4.45. The van der Waals surface area contributed by atoms with Crippen molar-refractivity contribution in [1.29, 1.82) is 5.26 Å². The molecule has 1 nitrogen and oxygen atoms in total. The topological polar surface area (TPSA) is 23.8 Å². The summed E-state index contributed by atoms with van der Waals surface area (Å²) in [5.41, 5.74) is -4.58. The summed E-state index contributed by atoms with van der Waals surface area (Å²) in [6.45, 7) is 0. The standard InChI is InChI=1S/C8H10F3NS/c9-8(10,11)13-5-4-7(6-12)2-1-3-7/h1-5H2. The zero-order chi connectivity index (χ0) is 9.95. The molecule has 0 radical (unpaired) electrons. The normalized spacial score (nSPS) is 20.5. The van der Waals surface area contributed by atoms with Crippen molar-refractivity contribution in [3.8, 4) is 6.07 Å². The summed E-state index contributed by atoms with van der Waals surface area (Å²) in [4.78, 5) is 0. The molecule has 0 aromatic carbocycles. The lowest BCUT2D eigenvalue weighted by atomic mass is 9.68. The number of rotatable bonds is 3. The van der Waals surface area contributed by atoms with E-state index in [0.717, 1.165) is 19.3 Å². The quantitative estimate of drug-likeness (QED) is 0.711. The Balaban J connectivity index is 2.23. The number of thioether (sulfide) groups is 1. The Morgan fingerprint density at radius 3 is 2.31 bits per heavy atom. The Hall–Kier alpha value is -0.370. The van der Waals surface area contributed by atoms with E-state index in [-0.39, 0.29) is 17.5 Å². The molecule has 0 heterocycles. The van der Waals surface area contributed by atoms with Crippen LogP contribution < -0.4 is 0 Å². The summed E-state index contributed by atoms with van der Waals surface area (Å²) in [6, 6.07) is 2.12. The monoisotopic (exact) mass is 209 g/mol. The van der Waals surface area contributed by atoms with Gasteiger partial charge < -0.3 is 0 Å². The predicted molar refractivity (Wildman–Crippen MR) is 45.0 cm³/mol. The molecule has 74 valence electrons. The third-order valence-electron chi connectivity index (χ3n) is 2.39. The van der Waals surface area contributed by atoms with Gasteiger partial charge in [0.05, 0.1) is 11.5 Å². The van der Waals surface area contributed by atoms with Crippen molar-refractivity contribution >= 4 is 11.8 Å².